The van der Waals surface area contributed by atoms with Gasteiger partial charge in [-0.15, -0.1) is 0 Å². The van der Waals surface area contributed by atoms with Crippen LogP contribution in [0.4, 0.5) is 0 Å². The Morgan fingerprint density at radius 3 is 2.17 bits per heavy atom. The van der Waals surface area contributed by atoms with Crippen molar-refractivity contribution in [3.05, 3.63) is 23.3 Å². The Balaban J connectivity index is 2.56. The van der Waals surface area contributed by atoms with Gasteiger partial charge in [-0.25, -0.2) is 16.8 Å². The van der Waals surface area contributed by atoms with Gasteiger partial charge in [-0.1, -0.05) is 0 Å². The Morgan fingerprint density at radius 1 is 1.17 bits per heavy atom. The van der Waals surface area contributed by atoms with Crippen LogP contribution in [0.5, 0.6) is 0 Å². The van der Waals surface area contributed by atoms with Gasteiger partial charge in [-0.05, 0) is 50.5 Å². The Labute approximate surface area is 142 Å². The Bertz CT molecular complexity index is 904. The summed E-state index contributed by atoms with van der Waals surface area (Å²) in [5.74, 6) is -1.04. The standard InChI is InChI=1S/C15H21NO6S2/c1-10-7-12(23(4,19)20)11(2)13(8-10)24(21,22)16-6-5-15(3,9-16)14(17)18/h7-8H,5-6,9H2,1-4H3,(H,17,18). The fraction of sp³-hybridized carbons (Fsp3) is 0.533. The third-order valence-electron chi connectivity index (χ3n) is 4.43. The molecular formula is C15H21NO6S2. The molecule has 0 aromatic heterocycles. The molecule has 1 aliphatic rings. The van der Waals surface area contributed by atoms with E-state index in [1.807, 2.05) is 0 Å². The first-order valence-electron chi connectivity index (χ1n) is 7.34. The van der Waals surface area contributed by atoms with Crippen LogP contribution in [0.1, 0.15) is 24.5 Å². The molecule has 7 nitrogen and oxygen atoms in total. The van der Waals surface area contributed by atoms with Gasteiger partial charge in [0.05, 0.1) is 15.2 Å². The topological polar surface area (TPSA) is 109 Å². The molecule has 1 atom stereocenters. The first kappa shape index (κ1) is 18.9. The molecule has 1 aliphatic heterocycles. The number of hydrogen-bond donors (Lipinski definition) is 1. The summed E-state index contributed by atoms with van der Waals surface area (Å²) in [4.78, 5) is 11.2. The molecule has 1 fully saturated rings. The van der Waals surface area contributed by atoms with E-state index in [1.54, 1.807) is 6.92 Å². The summed E-state index contributed by atoms with van der Waals surface area (Å²) < 4.78 is 50.8. The molecular weight excluding hydrogens is 354 g/mol. The monoisotopic (exact) mass is 375 g/mol. The number of rotatable bonds is 4. The molecule has 1 saturated heterocycles. The summed E-state index contributed by atoms with van der Waals surface area (Å²) in [5, 5.41) is 9.28. The summed E-state index contributed by atoms with van der Waals surface area (Å²) in [6.07, 6.45) is 1.24. The lowest BCUT2D eigenvalue weighted by Crippen LogP contribution is -2.35. The minimum Gasteiger partial charge on any atom is -0.481 e. The molecule has 1 heterocycles. The Kier molecular flexibility index (Phi) is 4.58. The summed E-state index contributed by atoms with van der Waals surface area (Å²) in [7, 11) is -7.55. The van der Waals surface area contributed by atoms with Crippen LogP contribution in [0, 0.1) is 19.3 Å². The number of carbonyl (C=O) groups is 1. The second-order valence-corrected chi connectivity index (χ2v) is 10.5. The summed E-state index contributed by atoms with van der Waals surface area (Å²) >= 11 is 0. The second kappa shape index (κ2) is 5.82. The van der Waals surface area contributed by atoms with Crippen molar-refractivity contribution in [1.29, 1.82) is 0 Å². The molecule has 1 unspecified atom stereocenters. The Hall–Kier alpha value is -1.45. The van der Waals surface area contributed by atoms with Crippen molar-refractivity contribution in [3.63, 3.8) is 0 Å². The second-order valence-electron chi connectivity index (χ2n) is 6.61. The number of aliphatic carboxylic acids is 1. The number of sulfone groups is 1. The maximum absolute atomic E-state index is 12.9. The SMILES string of the molecule is Cc1cc(S(C)(=O)=O)c(C)c(S(=O)(=O)N2CCC(C)(C(=O)O)C2)c1. The molecule has 0 bridgehead atoms. The number of aryl methyl sites for hydroxylation is 1. The van der Waals surface area contributed by atoms with Crippen molar-refractivity contribution in [1.82, 2.24) is 4.31 Å². The molecule has 1 N–H and O–H groups in total. The molecule has 0 radical (unpaired) electrons. The minimum atomic E-state index is -3.97. The van der Waals surface area contributed by atoms with Crippen LogP contribution < -0.4 is 0 Å². The maximum atomic E-state index is 12.9. The van der Waals surface area contributed by atoms with E-state index >= 15 is 0 Å². The van der Waals surface area contributed by atoms with Gasteiger partial charge in [0.25, 0.3) is 0 Å². The van der Waals surface area contributed by atoms with Crippen LogP contribution >= 0.6 is 0 Å². The predicted molar refractivity (Wildman–Crippen MR) is 88.1 cm³/mol. The predicted octanol–water partition coefficient (Wildman–Crippen LogP) is 1.19. The van der Waals surface area contributed by atoms with E-state index < -0.39 is 31.2 Å². The van der Waals surface area contributed by atoms with E-state index in [1.165, 1.54) is 26.0 Å². The highest BCUT2D eigenvalue weighted by Crippen LogP contribution is 2.35. The highest BCUT2D eigenvalue weighted by atomic mass is 32.2. The fourth-order valence-electron chi connectivity index (χ4n) is 2.88. The van der Waals surface area contributed by atoms with Gasteiger partial charge in [0.2, 0.25) is 10.0 Å². The van der Waals surface area contributed by atoms with E-state index in [-0.39, 0.29) is 34.9 Å². The van der Waals surface area contributed by atoms with Crippen LogP contribution in [-0.2, 0) is 24.7 Å². The van der Waals surface area contributed by atoms with Gasteiger partial charge in [-0.2, -0.15) is 4.31 Å². The van der Waals surface area contributed by atoms with Crippen molar-refractivity contribution < 1.29 is 26.7 Å². The van der Waals surface area contributed by atoms with Gasteiger partial charge in [-0.3, -0.25) is 4.79 Å². The maximum Gasteiger partial charge on any atom is 0.310 e. The zero-order valence-corrected chi connectivity index (χ0v) is 15.7. The highest BCUT2D eigenvalue weighted by Gasteiger charge is 2.45. The molecule has 24 heavy (non-hydrogen) atoms. The summed E-state index contributed by atoms with van der Waals surface area (Å²) in [6.45, 7) is 4.54. The number of sulfonamides is 1. The minimum absolute atomic E-state index is 0.0266. The number of carboxylic acids is 1. The lowest BCUT2D eigenvalue weighted by atomic mass is 9.90. The van der Waals surface area contributed by atoms with Crippen molar-refractivity contribution in [3.8, 4) is 0 Å². The van der Waals surface area contributed by atoms with Crippen LogP contribution in [0.2, 0.25) is 0 Å². The molecule has 0 saturated carbocycles. The zero-order chi connectivity index (χ0) is 18.5. The first-order chi connectivity index (χ1) is 10.8. The lowest BCUT2D eigenvalue weighted by Gasteiger charge is -2.21. The van der Waals surface area contributed by atoms with Crippen molar-refractivity contribution in [2.75, 3.05) is 19.3 Å². The molecule has 1 aromatic carbocycles. The largest absolute Gasteiger partial charge is 0.481 e. The van der Waals surface area contributed by atoms with Crippen molar-refractivity contribution in [2.24, 2.45) is 5.41 Å². The van der Waals surface area contributed by atoms with Gasteiger partial charge in [0, 0.05) is 19.3 Å². The van der Waals surface area contributed by atoms with Crippen LogP contribution in [0.3, 0.4) is 0 Å². The molecule has 0 spiro atoms. The smallest absolute Gasteiger partial charge is 0.310 e. The molecule has 0 amide bonds. The molecule has 2 rings (SSSR count). The van der Waals surface area contributed by atoms with E-state index in [0.29, 0.717) is 5.56 Å². The summed E-state index contributed by atoms with van der Waals surface area (Å²) in [5.41, 5.74) is -0.461. The van der Waals surface area contributed by atoms with Gasteiger partial charge < -0.3 is 5.11 Å². The number of benzene rings is 1. The third kappa shape index (κ3) is 3.20. The van der Waals surface area contributed by atoms with Crippen LogP contribution in [0.25, 0.3) is 0 Å². The van der Waals surface area contributed by atoms with Gasteiger partial charge in [0.1, 0.15) is 0 Å². The molecule has 9 heteroatoms. The van der Waals surface area contributed by atoms with Crippen molar-refractivity contribution >= 4 is 25.8 Å². The van der Waals surface area contributed by atoms with Gasteiger partial charge in [0.15, 0.2) is 9.84 Å². The van der Waals surface area contributed by atoms with E-state index in [4.69, 9.17) is 0 Å². The highest BCUT2D eigenvalue weighted by molar-refractivity contribution is 7.91. The third-order valence-corrected chi connectivity index (χ3v) is 7.62. The molecule has 0 aliphatic carbocycles. The van der Waals surface area contributed by atoms with Crippen LogP contribution in [-0.4, -0.2) is 51.6 Å². The number of nitrogens with zero attached hydrogens (tertiary/aromatic N) is 1. The van der Waals surface area contributed by atoms with Crippen LogP contribution in [0.15, 0.2) is 21.9 Å². The van der Waals surface area contributed by atoms with Crippen molar-refractivity contribution in [2.45, 2.75) is 37.0 Å². The number of hydrogen-bond acceptors (Lipinski definition) is 5. The van der Waals surface area contributed by atoms with E-state index in [0.717, 1.165) is 10.6 Å². The normalized spacial score (nSPS) is 22.7. The van der Waals surface area contributed by atoms with E-state index in [9.17, 15) is 26.7 Å². The quantitative estimate of drug-likeness (QED) is 0.847. The molecule has 134 valence electrons. The van der Waals surface area contributed by atoms with E-state index in [2.05, 4.69) is 0 Å². The zero-order valence-electron chi connectivity index (χ0n) is 14.0. The molecule has 1 aromatic rings. The number of carboxylic acid groups (broad SMARTS) is 1. The lowest BCUT2D eigenvalue weighted by molar-refractivity contribution is -0.146. The Morgan fingerprint density at radius 2 is 1.71 bits per heavy atom. The first-order valence-corrected chi connectivity index (χ1v) is 10.7. The summed E-state index contributed by atoms with van der Waals surface area (Å²) in [6, 6.07) is 2.87. The average Bonchev–Trinajstić information content (AvgIpc) is 2.84. The fourth-order valence-corrected chi connectivity index (χ4v) is 5.91. The average molecular weight is 375 g/mol. The van der Waals surface area contributed by atoms with Gasteiger partial charge >= 0.3 is 5.97 Å².